The number of rotatable bonds is 6. The average Bonchev–Trinajstić information content (AvgIpc) is 2.63. The zero-order valence-electron chi connectivity index (χ0n) is 15.4. The van der Waals surface area contributed by atoms with Gasteiger partial charge in [0, 0.05) is 46.1 Å². The lowest BCUT2D eigenvalue weighted by Crippen LogP contribution is -2.32. The van der Waals surface area contributed by atoms with Gasteiger partial charge in [-0.1, -0.05) is 23.2 Å². The third kappa shape index (κ3) is 5.87. The molecule has 0 radical (unpaired) electrons. The standard InChI is InChI=1S/C19H20Cl2N4O3/c1-3-25(4-2)16-6-5-12(17(26)10-16)11-22-24-19(28)18(27)23-15-8-13(20)7-14(21)9-15/h5-11,26H,3-4H2,1-2H3,(H,23,27)(H,24,28). The molecule has 0 saturated carbocycles. The van der Waals surface area contributed by atoms with E-state index in [0.29, 0.717) is 15.6 Å². The lowest BCUT2D eigenvalue weighted by Gasteiger charge is -2.21. The van der Waals surface area contributed by atoms with E-state index < -0.39 is 11.8 Å². The van der Waals surface area contributed by atoms with Crippen LogP contribution in [0.2, 0.25) is 10.0 Å². The highest BCUT2D eigenvalue weighted by Gasteiger charge is 2.13. The SMILES string of the molecule is CCN(CC)c1ccc(C=NNC(=O)C(=O)Nc2cc(Cl)cc(Cl)c2)c(O)c1. The van der Waals surface area contributed by atoms with Crippen molar-refractivity contribution in [3.8, 4) is 5.75 Å². The Morgan fingerprint density at radius 2 is 1.71 bits per heavy atom. The van der Waals surface area contributed by atoms with Crippen molar-refractivity contribution in [2.45, 2.75) is 13.8 Å². The Kier molecular flexibility index (Phi) is 7.66. The average molecular weight is 423 g/mol. The van der Waals surface area contributed by atoms with E-state index in [0.717, 1.165) is 18.8 Å². The summed E-state index contributed by atoms with van der Waals surface area (Å²) in [5, 5.41) is 16.8. The van der Waals surface area contributed by atoms with Crippen molar-refractivity contribution < 1.29 is 14.7 Å². The fourth-order valence-corrected chi connectivity index (χ4v) is 2.98. The lowest BCUT2D eigenvalue weighted by atomic mass is 10.2. The summed E-state index contributed by atoms with van der Waals surface area (Å²) in [5.41, 5.74) is 3.66. The van der Waals surface area contributed by atoms with E-state index in [1.54, 1.807) is 12.1 Å². The summed E-state index contributed by atoms with van der Waals surface area (Å²) >= 11 is 11.7. The highest BCUT2D eigenvalue weighted by Crippen LogP contribution is 2.24. The van der Waals surface area contributed by atoms with Crippen molar-refractivity contribution in [2.75, 3.05) is 23.3 Å². The Labute approximate surface area is 172 Å². The van der Waals surface area contributed by atoms with Crippen LogP contribution in [0.15, 0.2) is 41.5 Å². The quantitative estimate of drug-likeness (QED) is 0.376. The highest BCUT2D eigenvalue weighted by molar-refractivity contribution is 6.40. The maximum absolute atomic E-state index is 11.9. The Morgan fingerprint density at radius 3 is 2.29 bits per heavy atom. The molecule has 0 aliphatic heterocycles. The minimum absolute atomic E-state index is 0.0143. The van der Waals surface area contributed by atoms with Crippen LogP contribution in [0.1, 0.15) is 19.4 Å². The summed E-state index contributed by atoms with van der Waals surface area (Å²) in [7, 11) is 0. The van der Waals surface area contributed by atoms with Crippen LogP contribution in [0.4, 0.5) is 11.4 Å². The van der Waals surface area contributed by atoms with Crippen LogP contribution in [-0.4, -0.2) is 36.2 Å². The minimum atomic E-state index is -0.980. The van der Waals surface area contributed by atoms with Gasteiger partial charge in [0.2, 0.25) is 0 Å². The molecule has 0 saturated heterocycles. The molecule has 148 valence electrons. The van der Waals surface area contributed by atoms with E-state index in [2.05, 4.69) is 20.7 Å². The van der Waals surface area contributed by atoms with Gasteiger partial charge in [0.05, 0.1) is 6.21 Å². The Morgan fingerprint density at radius 1 is 1.07 bits per heavy atom. The van der Waals surface area contributed by atoms with Gasteiger partial charge in [-0.25, -0.2) is 5.43 Å². The number of halogens is 2. The maximum atomic E-state index is 11.9. The molecule has 2 aromatic carbocycles. The molecule has 2 rings (SSSR count). The summed E-state index contributed by atoms with van der Waals surface area (Å²) in [6.45, 7) is 5.67. The van der Waals surface area contributed by atoms with E-state index in [4.69, 9.17) is 23.2 Å². The zero-order valence-corrected chi connectivity index (χ0v) is 16.9. The lowest BCUT2D eigenvalue weighted by molar-refractivity contribution is -0.136. The van der Waals surface area contributed by atoms with Crippen LogP contribution in [0.5, 0.6) is 5.75 Å². The summed E-state index contributed by atoms with van der Waals surface area (Å²) < 4.78 is 0. The summed E-state index contributed by atoms with van der Waals surface area (Å²) in [6.07, 6.45) is 1.25. The van der Waals surface area contributed by atoms with E-state index in [9.17, 15) is 14.7 Å². The number of phenolic OH excluding ortho intramolecular Hbond substituents is 1. The van der Waals surface area contributed by atoms with Crippen molar-refractivity contribution in [2.24, 2.45) is 5.10 Å². The Balaban J connectivity index is 1.98. The van der Waals surface area contributed by atoms with Crippen LogP contribution >= 0.6 is 23.2 Å². The van der Waals surface area contributed by atoms with Crippen LogP contribution in [0.25, 0.3) is 0 Å². The second-order valence-corrected chi connectivity index (χ2v) is 6.60. The van der Waals surface area contributed by atoms with Crippen molar-refractivity contribution in [1.82, 2.24) is 5.43 Å². The molecule has 0 bridgehead atoms. The van der Waals surface area contributed by atoms with Crippen LogP contribution in [0, 0.1) is 0 Å². The van der Waals surface area contributed by atoms with Gasteiger partial charge in [-0.2, -0.15) is 5.10 Å². The van der Waals surface area contributed by atoms with E-state index >= 15 is 0 Å². The number of carbonyl (C=O) groups is 2. The monoisotopic (exact) mass is 422 g/mol. The number of nitrogens with one attached hydrogen (secondary N) is 2. The number of phenols is 1. The number of hydrogen-bond acceptors (Lipinski definition) is 5. The highest BCUT2D eigenvalue weighted by atomic mass is 35.5. The Bertz CT molecular complexity index is 878. The molecular weight excluding hydrogens is 403 g/mol. The van der Waals surface area contributed by atoms with Gasteiger partial charge in [0.25, 0.3) is 0 Å². The molecule has 0 fully saturated rings. The van der Waals surface area contributed by atoms with E-state index in [1.807, 2.05) is 19.9 Å². The van der Waals surface area contributed by atoms with E-state index in [1.165, 1.54) is 24.4 Å². The topological polar surface area (TPSA) is 94.0 Å². The predicted molar refractivity (Wildman–Crippen MR) is 112 cm³/mol. The normalized spacial score (nSPS) is 10.7. The van der Waals surface area contributed by atoms with Gasteiger partial charge in [-0.3, -0.25) is 9.59 Å². The summed E-state index contributed by atoms with van der Waals surface area (Å²) in [5.74, 6) is -1.90. The van der Waals surface area contributed by atoms with Gasteiger partial charge >= 0.3 is 11.8 Å². The van der Waals surface area contributed by atoms with Crippen LogP contribution < -0.4 is 15.6 Å². The molecule has 0 aliphatic rings. The Hall–Kier alpha value is -2.77. The molecule has 0 aromatic heterocycles. The summed E-state index contributed by atoms with van der Waals surface area (Å²) in [4.78, 5) is 25.8. The minimum Gasteiger partial charge on any atom is -0.507 e. The maximum Gasteiger partial charge on any atom is 0.329 e. The molecule has 0 aliphatic carbocycles. The molecule has 0 unspecified atom stereocenters. The third-order valence-corrected chi connectivity index (χ3v) is 4.28. The molecule has 28 heavy (non-hydrogen) atoms. The van der Waals surface area contributed by atoms with Gasteiger partial charge in [0.15, 0.2) is 0 Å². The second kappa shape index (κ2) is 9.96. The number of hydrogen-bond donors (Lipinski definition) is 3. The van der Waals surface area contributed by atoms with Crippen molar-refractivity contribution >= 4 is 52.6 Å². The molecular formula is C19H20Cl2N4O3. The number of amides is 2. The number of hydrazone groups is 1. The molecule has 2 amide bonds. The number of anilines is 2. The van der Waals surface area contributed by atoms with Crippen molar-refractivity contribution in [1.29, 1.82) is 0 Å². The van der Waals surface area contributed by atoms with Gasteiger partial charge < -0.3 is 15.3 Å². The van der Waals surface area contributed by atoms with Gasteiger partial charge in [-0.05, 0) is 44.2 Å². The van der Waals surface area contributed by atoms with Crippen molar-refractivity contribution in [3.63, 3.8) is 0 Å². The fraction of sp³-hybridized carbons (Fsp3) is 0.211. The first-order valence-electron chi connectivity index (χ1n) is 8.52. The molecule has 3 N–H and O–H groups in total. The predicted octanol–water partition coefficient (Wildman–Crippen LogP) is 3.63. The third-order valence-electron chi connectivity index (χ3n) is 3.84. The summed E-state index contributed by atoms with van der Waals surface area (Å²) in [6, 6.07) is 9.54. The molecule has 9 heteroatoms. The van der Waals surface area contributed by atoms with Gasteiger partial charge in [0.1, 0.15) is 5.75 Å². The number of aromatic hydroxyl groups is 1. The fourth-order valence-electron chi connectivity index (χ4n) is 2.45. The first-order chi connectivity index (χ1) is 13.3. The second-order valence-electron chi connectivity index (χ2n) is 5.73. The van der Waals surface area contributed by atoms with Gasteiger partial charge in [-0.15, -0.1) is 0 Å². The smallest absolute Gasteiger partial charge is 0.329 e. The number of carbonyl (C=O) groups excluding carboxylic acids is 2. The molecule has 0 spiro atoms. The number of nitrogens with zero attached hydrogens (tertiary/aromatic N) is 2. The molecule has 2 aromatic rings. The zero-order chi connectivity index (χ0) is 20.7. The first-order valence-corrected chi connectivity index (χ1v) is 9.28. The van der Waals surface area contributed by atoms with Crippen LogP contribution in [-0.2, 0) is 9.59 Å². The van der Waals surface area contributed by atoms with Crippen LogP contribution in [0.3, 0.4) is 0 Å². The largest absolute Gasteiger partial charge is 0.507 e. The molecule has 0 heterocycles. The van der Waals surface area contributed by atoms with E-state index in [-0.39, 0.29) is 11.4 Å². The molecule has 7 nitrogen and oxygen atoms in total. The number of benzene rings is 2. The molecule has 0 atom stereocenters. The first kappa shape index (κ1) is 21.5. The van der Waals surface area contributed by atoms with Crippen molar-refractivity contribution in [3.05, 3.63) is 52.0 Å².